The van der Waals surface area contributed by atoms with Crippen LogP contribution in [0.3, 0.4) is 0 Å². The van der Waals surface area contributed by atoms with E-state index in [0.717, 1.165) is 5.69 Å². The van der Waals surface area contributed by atoms with Crippen LogP contribution in [-0.2, 0) is 10.2 Å². The van der Waals surface area contributed by atoms with Gasteiger partial charge in [-0.05, 0) is 6.07 Å². The summed E-state index contributed by atoms with van der Waals surface area (Å²) < 4.78 is 4.60. The van der Waals surface area contributed by atoms with E-state index in [2.05, 4.69) is 30.5 Å². The van der Waals surface area contributed by atoms with E-state index in [0.29, 0.717) is 5.56 Å². The summed E-state index contributed by atoms with van der Waals surface area (Å²) in [6.07, 6.45) is 1.67. The Morgan fingerprint density at radius 2 is 1.87 bits per heavy atom. The summed E-state index contributed by atoms with van der Waals surface area (Å²) in [6.45, 7) is 10.2. The maximum atomic E-state index is 11.1. The van der Waals surface area contributed by atoms with Crippen LogP contribution in [0.4, 0.5) is 0 Å². The SMILES string of the molecule is CC.COC(=O)c1c[nH]c(C(C)(C)C)c1. The van der Waals surface area contributed by atoms with Crippen molar-refractivity contribution in [2.75, 3.05) is 7.11 Å². The molecule has 0 unspecified atom stereocenters. The Hall–Kier alpha value is -1.25. The maximum Gasteiger partial charge on any atom is 0.339 e. The van der Waals surface area contributed by atoms with Crippen LogP contribution in [0.2, 0.25) is 0 Å². The minimum atomic E-state index is -0.299. The number of carbonyl (C=O) groups excluding carboxylic acids is 1. The lowest BCUT2D eigenvalue weighted by molar-refractivity contribution is 0.0601. The fraction of sp³-hybridized carbons (Fsp3) is 0.583. The predicted octanol–water partition coefficient (Wildman–Crippen LogP) is 3.13. The van der Waals surface area contributed by atoms with Crippen molar-refractivity contribution in [3.05, 3.63) is 23.5 Å². The third-order valence-corrected chi connectivity index (χ3v) is 1.91. The molecule has 3 heteroatoms. The molecule has 0 aliphatic heterocycles. The molecule has 0 saturated heterocycles. The zero-order valence-corrected chi connectivity index (χ0v) is 10.5. The summed E-state index contributed by atoms with van der Waals surface area (Å²) in [4.78, 5) is 14.2. The van der Waals surface area contributed by atoms with Crippen molar-refractivity contribution in [2.45, 2.75) is 40.0 Å². The maximum absolute atomic E-state index is 11.1. The van der Waals surface area contributed by atoms with Crippen LogP contribution in [0.1, 0.15) is 50.7 Å². The van der Waals surface area contributed by atoms with Crippen LogP contribution in [0.25, 0.3) is 0 Å². The number of nitrogens with one attached hydrogen (secondary N) is 1. The largest absolute Gasteiger partial charge is 0.465 e. The van der Waals surface area contributed by atoms with E-state index in [4.69, 9.17) is 0 Å². The summed E-state index contributed by atoms with van der Waals surface area (Å²) in [5.41, 5.74) is 1.65. The molecule has 0 aliphatic carbocycles. The van der Waals surface area contributed by atoms with E-state index in [1.165, 1.54) is 7.11 Å². The summed E-state index contributed by atoms with van der Waals surface area (Å²) in [6, 6.07) is 1.83. The number of ether oxygens (including phenoxy) is 1. The van der Waals surface area contributed by atoms with Crippen molar-refractivity contribution in [3.63, 3.8) is 0 Å². The number of hydrogen-bond acceptors (Lipinski definition) is 2. The molecule has 0 atom stereocenters. The van der Waals surface area contributed by atoms with E-state index in [9.17, 15) is 4.79 Å². The van der Waals surface area contributed by atoms with Gasteiger partial charge in [-0.1, -0.05) is 34.6 Å². The highest BCUT2D eigenvalue weighted by Gasteiger charge is 2.17. The topological polar surface area (TPSA) is 42.1 Å². The summed E-state index contributed by atoms with van der Waals surface area (Å²) in [5, 5.41) is 0. The van der Waals surface area contributed by atoms with Gasteiger partial charge in [0, 0.05) is 17.3 Å². The van der Waals surface area contributed by atoms with Crippen molar-refractivity contribution in [1.29, 1.82) is 0 Å². The van der Waals surface area contributed by atoms with Crippen LogP contribution < -0.4 is 0 Å². The Morgan fingerprint density at radius 3 is 2.20 bits per heavy atom. The van der Waals surface area contributed by atoms with Crippen molar-refractivity contribution in [3.8, 4) is 0 Å². The zero-order chi connectivity index (χ0) is 12.1. The predicted molar refractivity (Wildman–Crippen MR) is 62.2 cm³/mol. The van der Waals surface area contributed by atoms with Gasteiger partial charge in [-0.25, -0.2) is 4.79 Å². The van der Waals surface area contributed by atoms with Crippen molar-refractivity contribution in [2.24, 2.45) is 0 Å². The number of rotatable bonds is 1. The molecule has 0 amide bonds. The first kappa shape index (κ1) is 13.8. The van der Waals surface area contributed by atoms with E-state index < -0.39 is 0 Å². The molecule has 86 valence electrons. The van der Waals surface area contributed by atoms with Crippen molar-refractivity contribution >= 4 is 5.97 Å². The third-order valence-electron chi connectivity index (χ3n) is 1.91. The van der Waals surface area contributed by atoms with Crippen LogP contribution in [-0.4, -0.2) is 18.1 Å². The van der Waals surface area contributed by atoms with E-state index in [-0.39, 0.29) is 11.4 Å². The Bertz CT molecular complexity index is 308. The van der Waals surface area contributed by atoms with E-state index in [1.54, 1.807) is 6.20 Å². The molecule has 0 bridgehead atoms. The number of aromatic amines is 1. The lowest BCUT2D eigenvalue weighted by atomic mass is 9.92. The van der Waals surface area contributed by atoms with Gasteiger partial charge in [-0.2, -0.15) is 0 Å². The molecule has 3 nitrogen and oxygen atoms in total. The van der Waals surface area contributed by atoms with E-state index in [1.807, 2.05) is 19.9 Å². The number of aromatic nitrogens is 1. The highest BCUT2D eigenvalue weighted by Crippen LogP contribution is 2.21. The minimum absolute atomic E-state index is 0.0340. The molecule has 0 fully saturated rings. The van der Waals surface area contributed by atoms with Gasteiger partial charge in [0.25, 0.3) is 0 Å². The van der Waals surface area contributed by atoms with Gasteiger partial charge < -0.3 is 9.72 Å². The molecule has 0 spiro atoms. The first-order valence-electron chi connectivity index (χ1n) is 5.22. The Morgan fingerprint density at radius 1 is 1.33 bits per heavy atom. The average molecular weight is 211 g/mol. The number of H-pyrrole nitrogens is 1. The zero-order valence-electron chi connectivity index (χ0n) is 10.5. The Balaban J connectivity index is 0.000000921. The highest BCUT2D eigenvalue weighted by molar-refractivity contribution is 5.89. The molecule has 1 N–H and O–H groups in total. The molecule has 0 saturated carbocycles. The second-order valence-electron chi connectivity index (χ2n) is 4.04. The molecule has 1 aromatic heterocycles. The number of hydrogen-bond donors (Lipinski definition) is 1. The number of esters is 1. The summed E-state index contributed by atoms with van der Waals surface area (Å²) in [7, 11) is 1.38. The van der Waals surface area contributed by atoms with Gasteiger partial charge in [-0.3, -0.25) is 0 Å². The first-order chi connectivity index (χ1) is 6.95. The Kier molecular flexibility index (Phi) is 5.12. The fourth-order valence-corrected chi connectivity index (χ4v) is 1.06. The minimum Gasteiger partial charge on any atom is -0.465 e. The van der Waals surface area contributed by atoms with Gasteiger partial charge >= 0.3 is 5.97 Å². The molecular formula is C12H21NO2. The Labute approximate surface area is 91.8 Å². The second kappa shape index (κ2) is 5.59. The van der Waals surface area contributed by atoms with Gasteiger partial charge in [0.05, 0.1) is 12.7 Å². The molecule has 0 aliphatic rings. The van der Waals surface area contributed by atoms with Crippen LogP contribution in [0.5, 0.6) is 0 Å². The quantitative estimate of drug-likeness (QED) is 0.725. The number of methoxy groups -OCH3 is 1. The normalized spacial score (nSPS) is 10.3. The molecule has 0 radical (unpaired) electrons. The smallest absolute Gasteiger partial charge is 0.339 e. The standard InChI is InChI=1S/C10H15NO2.C2H6/c1-10(2,3)8-5-7(6-11-8)9(12)13-4;1-2/h5-6,11H,1-4H3;1-2H3. The van der Waals surface area contributed by atoms with Crippen LogP contribution >= 0.6 is 0 Å². The van der Waals surface area contributed by atoms with Crippen molar-refractivity contribution in [1.82, 2.24) is 4.98 Å². The second-order valence-corrected chi connectivity index (χ2v) is 4.04. The third kappa shape index (κ3) is 3.78. The van der Waals surface area contributed by atoms with Gasteiger partial charge in [-0.15, -0.1) is 0 Å². The summed E-state index contributed by atoms with van der Waals surface area (Å²) >= 11 is 0. The molecule has 15 heavy (non-hydrogen) atoms. The van der Waals surface area contributed by atoms with Crippen LogP contribution in [0.15, 0.2) is 12.3 Å². The first-order valence-corrected chi connectivity index (χ1v) is 5.22. The molecule has 1 heterocycles. The number of carbonyl (C=O) groups is 1. The lowest BCUT2D eigenvalue weighted by Gasteiger charge is -2.15. The van der Waals surface area contributed by atoms with Gasteiger partial charge in [0.15, 0.2) is 0 Å². The fourth-order valence-electron chi connectivity index (χ4n) is 1.06. The monoisotopic (exact) mass is 211 g/mol. The van der Waals surface area contributed by atoms with Gasteiger partial charge in [0.1, 0.15) is 0 Å². The molecule has 0 aromatic carbocycles. The van der Waals surface area contributed by atoms with E-state index >= 15 is 0 Å². The van der Waals surface area contributed by atoms with Gasteiger partial charge in [0.2, 0.25) is 0 Å². The molecule has 1 aromatic rings. The molecular weight excluding hydrogens is 190 g/mol. The van der Waals surface area contributed by atoms with Crippen molar-refractivity contribution < 1.29 is 9.53 Å². The summed E-state index contributed by atoms with van der Waals surface area (Å²) in [5.74, 6) is -0.299. The molecule has 1 rings (SSSR count). The highest BCUT2D eigenvalue weighted by atomic mass is 16.5. The average Bonchev–Trinajstić information content (AvgIpc) is 2.68. The lowest BCUT2D eigenvalue weighted by Crippen LogP contribution is -2.11. The van der Waals surface area contributed by atoms with Crippen LogP contribution in [0, 0.1) is 0 Å².